The van der Waals surface area contributed by atoms with Crippen LogP contribution in [-0.4, -0.2) is 59.8 Å². The van der Waals surface area contributed by atoms with Gasteiger partial charge in [-0.15, -0.1) is 0 Å². The van der Waals surface area contributed by atoms with Crippen LogP contribution in [0.15, 0.2) is 18.2 Å². The maximum atomic E-state index is 12.8. The third-order valence-electron chi connectivity index (χ3n) is 7.07. The van der Waals surface area contributed by atoms with Gasteiger partial charge in [0.25, 0.3) is 0 Å². The van der Waals surface area contributed by atoms with Crippen molar-refractivity contribution in [1.29, 1.82) is 0 Å². The summed E-state index contributed by atoms with van der Waals surface area (Å²) < 4.78 is 12.2. The van der Waals surface area contributed by atoms with E-state index in [1.54, 1.807) is 0 Å². The summed E-state index contributed by atoms with van der Waals surface area (Å²) >= 11 is 0. The number of benzene rings is 1. The van der Waals surface area contributed by atoms with Crippen LogP contribution < -0.4 is 10.1 Å². The molecule has 7 heteroatoms. The number of carbonyl (C=O) groups excluding carboxylic acids is 2. The van der Waals surface area contributed by atoms with E-state index in [2.05, 4.69) is 5.32 Å². The van der Waals surface area contributed by atoms with Crippen molar-refractivity contribution in [3.05, 3.63) is 23.8 Å². The van der Waals surface area contributed by atoms with Gasteiger partial charge < -0.3 is 24.8 Å². The van der Waals surface area contributed by atoms with E-state index in [1.807, 2.05) is 23.1 Å². The maximum absolute atomic E-state index is 12.8. The number of rotatable bonds is 6. The van der Waals surface area contributed by atoms with Crippen molar-refractivity contribution in [2.75, 3.05) is 25.0 Å². The van der Waals surface area contributed by atoms with Crippen LogP contribution >= 0.6 is 0 Å². The zero-order chi connectivity index (χ0) is 21.4. The molecular weight excluding hydrogens is 396 g/mol. The van der Waals surface area contributed by atoms with Crippen molar-refractivity contribution >= 4 is 17.5 Å². The maximum Gasteiger partial charge on any atom is 0.225 e. The molecule has 7 nitrogen and oxygen atoms in total. The van der Waals surface area contributed by atoms with E-state index in [4.69, 9.17) is 9.47 Å². The predicted molar refractivity (Wildman–Crippen MR) is 115 cm³/mol. The molecule has 5 rings (SSSR count). The zero-order valence-corrected chi connectivity index (χ0v) is 17.9. The highest BCUT2D eigenvalue weighted by molar-refractivity contribution is 5.91. The van der Waals surface area contributed by atoms with Crippen LogP contribution in [0.1, 0.15) is 62.8 Å². The highest BCUT2D eigenvalue weighted by Crippen LogP contribution is 2.47. The van der Waals surface area contributed by atoms with E-state index in [0.29, 0.717) is 25.2 Å². The first-order valence-corrected chi connectivity index (χ1v) is 11.7. The topological polar surface area (TPSA) is 88.1 Å². The largest absolute Gasteiger partial charge is 0.487 e. The minimum absolute atomic E-state index is 0.0420. The van der Waals surface area contributed by atoms with Crippen LogP contribution in [0.3, 0.4) is 0 Å². The van der Waals surface area contributed by atoms with Gasteiger partial charge >= 0.3 is 0 Å². The second-order valence-electron chi connectivity index (χ2n) is 9.50. The fourth-order valence-electron chi connectivity index (χ4n) is 5.23. The molecule has 3 aliphatic heterocycles. The lowest BCUT2D eigenvalue weighted by Crippen LogP contribution is -2.48. The summed E-state index contributed by atoms with van der Waals surface area (Å²) in [5.74, 6) is 1.56. The number of amides is 2. The summed E-state index contributed by atoms with van der Waals surface area (Å²) in [5, 5.41) is 12.9. The molecule has 168 valence electrons. The number of piperidine rings is 1. The summed E-state index contributed by atoms with van der Waals surface area (Å²) in [5.41, 5.74) is 1.81. The number of ether oxygens (including phenoxy) is 2. The summed E-state index contributed by atoms with van der Waals surface area (Å²) in [4.78, 5) is 26.9. The highest BCUT2D eigenvalue weighted by atomic mass is 16.6. The molecule has 1 saturated carbocycles. The summed E-state index contributed by atoms with van der Waals surface area (Å²) in [6.45, 7) is 1.52. The number of nitrogens with one attached hydrogen (secondary N) is 1. The Morgan fingerprint density at radius 2 is 1.94 bits per heavy atom. The monoisotopic (exact) mass is 428 g/mol. The quantitative estimate of drug-likeness (QED) is 0.728. The Morgan fingerprint density at radius 1 is 1.13 bits per heavy atom. The SMILES string of the molecule is O=C(CC1CC1)Nc1ccc2c(c1)[C@@H]1C[C@H](CC(=O)N3CCCCC3)O[C@@H](CO)[C@@H]1O2. The van der Waals surface area contributed by atoms with Crippen molar-refractivity contribution in [2.24, 2.45) is 5.92 Å². The molecule has 31 heavy (non-hydrogen) atoms. The van der Waals surface area contributed by atoms with Gasteiger partial charge in [-0.2, -0.15) is 0 Å². The van der Waals surface area contributed by atoms with Crippen molar-refractivity contribution < 1.29 is 24.2 Å². The van der Waals surface area contributed by atoms with Gasteiger partial charge in [0.1, 0.15) is 18.0 Å². The van der Waals surface area contributed by atoms with Crippen LogP contribution in [0.2, 0.25) is 0 Å². The van der Waals surface area contributed by atoms with Crippen molar-refractivity contribution in [3.63, 3.8) is 0 Å². The number of anilines is 1. The smallest absolute Gasteiger partial charge is 0.225 e. The van der Waals surface area contributed by atoms with Crippen LogP contribution in [0.25, 0.3) is 0 Å². The molecule has 0 aromatic heterocycles. The molecular formula is C24H32N2O5. The number of hydrogen-bond donors (Lipinski definition) is 2. The van der Waals surface area contributed by atoms with Gasteiger partial charge in [0, 0.05) is 36.7 Å². The van der Waals surface area contributed by atoms with E-state index >= 15 is 0 Å². The Labute approximate surface area is 183 Å². The van der Waals surface area contributed by atoms with Gasteiger partial charge in [-0.25, -0.2) is 0 Å². The number of nitrogens with zero attached hydrogens (tertiary/aromatic N) is 1. The van der Waals surface area contributed by atoms with Crippen molar-refractivity contribution in [3.8, 4) is 5.75 Å². The molecule has 0 unspecified atom stereocenters. The van der Waals surface area contributed by atoms with Crippen LogP contribution in [0.5, 0.6) is 5.75 Å². The van der Waals surface area contributed by atoms with Crippen LogP contribution in [0.4, 0.5) is 5.69 Å². The minimum atomic E-state index is -0.460. The van der Waals surface area contributed by atoms with Gasteiger partial charge in [-0.3, -0.25) is 9.59 Å². The number of likely N-dealkylation sites (tertiary alicyclic amines) is 1. The van der Waals surface area contributed by atoms with Gasteiger partial charge in [0.05, 0.1) is 19.1 Å². The molecule has 0 radical (unpaired) electrons. The number of carbonyl (C=O) groups is 2. The minimum Gasteiger partial charge on any atom is -0.487 e. The van der Waals surface area contributed by atoms with E-state index in [1.165, 1.54) is 6.42 Å². The predicted octanol–water partition coefficient (Wildman–Crippen LogP) is 2.82. The average molecular weight is 429 g/mol. The Kier molecular flexibility index (Phi) is 5.89. The Bertz CT molecular complexity index is 833. The lowest BCUT2D eigenvalue weighted by Gasteiger charge is -2.38. The third-order valence-corrected chi connectivity index (χ3v) is 7.07. The molecule has 0 bridgehead atoms. The normalized spacial score (nSPS) is 29.6. The highest BCUT2D eigenvalue weighted by Gasteiger charge is 2.46. The first-order chi connectivity index (χ1) is 15.1. The second kappa shape index (κ2) is 8.79. The van der Waals surface area contributed by atoms with Gasteiger partial charge in [-0.05, 0) is 62.6 Å². The van der Waals surface area contributed by atoms with Gasteiger partial charge in [0.15, 0.2) is 0 Å². The molecule has 3 heterocycles. The molecule has 0 spiro atoms. The molecule has 1 aliphatic carbocycles. The Hall–Kier alpha value is -2.12. The molecule has 2 saturated heterocycles. The second-order valence-corrected chi connectivity index (χ2v) is 9.50. The molecule has 2 amide bonds. The fraction of sp³-hybridized carbons (Fsp3) is 0.667. The van der Waals surface area contributed by atoms with Crippen LogP contribution in [-0.2, 0) is 14.3 Å². The van der Waals surface area contributed by atoms with E-state index < -0.39 is 6.10 Å². The summed E-state index contributed by atoms with van der Waals surface area (Å²) in [7, 11) is 0. The van der Waals surface area contributed by atoms with Crippen LogP contribution in [0, 0.1) is 5.92 Å². The van der Waals surface area contributed by atoms with Gasteiger partial charge in [0.2, 0.25) is 11.8 Å². The molecule has 4 aliphatic rings. The Balaban J connectivity index is 1.28. The average Bonchev–Trinajstić information content (AvgIpc) is 3.52. The van der Waals surface area contributed by atoms with Crippen molar-refractivity contribution in [1.82, 2.24) is 4.90 Å². The molecule has 2 N–H and O–H groups in total. The number of aliphatic hydroxyl groups excluding tert-OH is 1. The van der Waals surface area contributed by atoms with Gasteiger partial charge in [-0.1, -0.05) is 0 Å². The number of fused-ring (bicyclic) bond motifs is 3. The number of aliphatic hydroxyl groups is 1. The molecule has 1 aromatic rings. The molecule has 3 fully saturated rings. The summed E-state index contributed by atoms with van der Waals surface area (Å²) in [6.07, 6.45) is 6.25. The van der Waals surface area contributed by atoms with E-state index in [-0.39, 0.29) is 36.5 Å². The van der Waals surface area contributed by atoms with Crippen molar-refractivity contribution in [2.45, 2.75) is 75.6 Å². The van der Waals surface area contributed by atoms with E-state index in [0.717, 1.165) is 55.8 Å². The first kappa shape index (κ1) is 20.8. The fourth-order valence-corrected chi connectivity index (χ4v) is 5.23. The Morgan fingerprint density at radius 3 is 2.68 bits per heavy atom. The molecule has 4 atom stereocenters. The standard InChI is InChI=1S/C24H32N2O5/c27-14-21-24-19(12-17(30-21)13-23(29)26-8-2-1-3-9-26)18-11-16(6-7-20(18)31-24)25-22(28)10-15-4-5-15/h6-7,11,15,17,19,21,24,27H,1-5,8-10,12-14H2,(H,25,28)/t17-,19+,21+,24-/m1/s1. The molecule has 1 aromatic carbocycles. The first-order valence-electron chi connectivity index (χ1n) is 11.7. The zero-order valence-electron chi connectivity index (χ0n) is 17.9. The lowest BCUT2D eigenvalue weighted by atomic mass is 9.84. The number of hydrogen-bond acceptors (Lipinski definition) is 5. The summed E-state index contributed by atoms with van der Waals surface area (Å²) in [6, 6.07) is 5.75. The lowest BCUT2D eigenvalue weighted by molar-refractivity contribution is -0.149. The third kappa shape index (κ3) is 4.58. The van der Waals surface area contributed by atoms with E-state index in [9.17, 15) is 14.7 Å².